The van der Waals surface area contributed by atoms with Crippen LogP contribution in [0, 0.1) is 5.92 Å². The Bertz CT molecular complexity index is 482. The van der Waals surface area contributed by atoms with Crippen LogP contribution in [0.25, 0.3) is 0 Å². The molecule has 1 unspecified atom stereocenters. The number of nitrogens with one attached hydrogen (secondary N) is 1. The highest BCUT2D eigenvalue weighted by Crippen LogP contribution is 2.38. The molecule has 1 saturated heterocycles. The van der Waals surface area contributed by atoms with Gasteiger partial charge in [0.25, 0.3) is 0 Å². The molecule has 118 valence electrons. The number of benzene rings is 1. The fraction of sp³-hybridized carbons (Fsp3) is 0.647. The quantitative estimate of drug-likeness (QED) is 0.830. The van der Waals surface area contributed by atoms with Gasteiger partial charge in [-0.2, -0.15) is 0 Å². The average Bonchev–Trinajstić information content (AvgIpc) is 2.88. The number of rotatable bonds is 6. The molecule has 3 nitrogen and oxygen atoms in total. The van der Waals surface area contributed by atoms with E-state index in [-0.39, 0.29) is 5.54 Å². The van der Waals surface area contributed by atoms with Crippen molar-refractivity contribution >= 4 is 15.9 Å². The predicted molar refractivity (Wildman–Crippen MR) is 90.4 cm³/mol. The molecule has 2 rings (SSSR count). The van der Waals surface area contributed by atoms with Crippen molar-refractivity contribution in [3.8, 4) is 11.5 Å². The Balaban J connectivity index is 2.28. The molecule has 1 fully saturated rings. The molecular weight excluding hydrogens is 330 g/mol. The molecule has 0 saturated carbocycles. The lowest BCUT2D eigenvalue weighted by Crippen LogP contribution is -2.43. The van der Waals surface area contributed by atoms with E-state index >= 15 is 0 Å². The molecule has 0 aromatic heterocycles. The number of methoxy groups -OCH3 is 2. The zero-order chi connectivity index (χ0) is 15.5. The third kappa shape index (κ3) is 3.92. The standard InChI is InChI=1S/C17H26BrNO2/c1-12(2)10-17(6-5-7-19-17)11-13-8-15(20-3)16(21-4)9-14(13)18/h8-9,12,19H,5-7,10-11H2,1-4H3. The minimum absolute atomic E-state index is 0.219. The first kappa shape index (κ1) is 16.6. The minimum Gasteiger partial charge on any atom is -0.493 e. The van der Waals surface area contributed by atoms with Crippen molar-refractivity contribution in [3.05, 3.63) is 22.2 Å². The van der Waals surface area contributed by atoms with Crippen molar-refractivity contribution in [3.63, 3.8) is 0 Å². The topological polar surface area (TPSA) is 30.5 Å². The van der Waals surface area contributed by atoms with Crippen molar-refractivity contribution in [1.82, 2.24) is 5.32 Å². The van der Waals surface area contributed by atoms with Crippen molar-refractivity contribution in [2.75, 3.05) is 20.8 Å². The van der Waals surface area contributed by atoms with Gasteiger partial charge in [-0.15, -0.1) is 0 Å². The van der Waals surface area contributed by atoms with Gasteiger partial charge in [-0.05, 0) is 55.8 Å². The van der Waals surface area contributed by atoms with Crippen molar-refractivity contribution < 1.29 is 9.47 Å². The van der Waals surface area contributed by atoms with Crippen LogP contribution in [0.4, 0.5) is 0 Å². The van der Waals surface area contributed by atoms with E-state index in [0.29, 0.717) is 5.92 Å². The first-order valence-corrected chi connectivity index (χ1v) is 8.44. The van der Waals surface area contributed by atoms with E-state index in [1.165, 1.54) is 24.8 Å². The maximum Gasteiger partial charge on any atom is 0.161 e. The van der Waals surface area contributed by atoms with E-state index in [2.05, 4.69) is 41.2 Å². The van der Waals surface area contributed by atoms with E-state index in [1.807, 2.05) is 6.07 Å². The largest absolute Gasteiger partial charge is 0.493 e. The summed E-state index contributed by atoms with van der Waals surface area (Å²) in [6.45, 7) is 5.72. The van der Waals surface area contributed by atoms with Gasteiger partial charge in [-0.3, -0.25) is 0 Å². The summed E-state index contributed by atoms with van der Waals surface area (Å²) in [7, 11) is 3.36. The fourth-order valence-electron chi connectivity index (χ4n) is 3.44. The zero-order valence-electron chi connectivity index (χ0n) is 13.5. The summed E-state index contributed by atoms with van der Waals surface area (Å²) in [6.07, 6.45) is 4.73. The molecule has 0 bridgehead atoms. The third-order valence-electron chi connectivity index (χ3n) is 4.21. The van der Waals surface area contributed by atoms with Gasteiger partial charge >= 0.3 is 0 Å². The third-order valence-corrected chi connectivity index (χ3v) is 4.95. The van der Waals surface area contributed by atoms with Gasteiger partial charge in [-0.25, -0.2) is 0 Å². The zero-order valence-corrected chi connectivity index (χ0v) is 15.0. The van der Waals surface area contributed by atoms with Crippen LogP contribution in [0.15, 0.2) is 16.6 Å². The van der Waals surface area contributed by atoms with Crippen LogP contribution >= 0.6 is 15.9 Å². The summed E-state index contributed by atoms with van der Waals surface area (Å²) in [4.78, 5) is 0. The second-order valence-electron chi connectivity index (χ2n) is 6.38. The highest BCUT2D eigenvalue weighted by molar-refractivity contribution is 9.10. The Kier molecular flexibility index (Phi) is 5.55. The van der Waals surface area contributed by atoms with Gasteiger partial charge in [0.05, 0.1) is 14.2 Å². The number of ether oxygens (including phenoxy) is 2. The number of hydrogen-bond donors (Lipinski definition) is 1. The van der Waals surface area contributed by atoms with Crippen LogP contribution in [0.5, 0.6) is 11.5 Å². The summed E-state index contributed by atoms with van der Waals surface area (Å²) < 4.78 is 11.9. The van der Waals surface area contributed by atoms with Gasteiger partial charge in [-0.1, -0.05) is 29.8 Å². The monoisotopic (exact) mass is 355 g/mol. The van der Waals surface area contributed by atoms with Crippen LogP contribution in [0.1, 0.15) is 38.7 Å². The maximum absolute atomic E-state index is 5.44. The molecule has 1 N–H and O–H groups in total. The van der Waals surface area contributed by atoms with Crippen LogP contribution < -0.4 is 14.8 Å². The number of halogens is 1. The van der Waals surface area contributed by atoms with E-state index in [1.54, 1.807) is 14.2 Å². The Labute approximate surface area is 136 Å². The minimum atomic E-state index is 0.219. The molecule has 0 radical (unpaired) electrons. The van der Waals surface area contributed by atoms with Crippen LogP contribution in [-0.2, 0) is 6.42 Å². The van der Waals surface area contributed by atoms with Crippen LogP contribution in [0.3, 0.4) is 0 Å². The Morgan fingerprint density at radius 1 is 1.24 bits per heavy atom. The first-order chi connectivity index (χ1) is 9.99. The van der Waals surface area contributed by atoms with Gasteiger partial charge in [0.15, 0.2) is 11.5 Å². The highest BCUT2D eigenvalue weighted by atomic mass is 79.9. The number of hydrogen-bond acceptors (Lipinski definition) is 3. The molecular formula is C17H26BrNO2. The Hall–Kier alpha value is -0.740. The lowest BCUT2D eigenvalue weighted by Gasteiger charge is -2.32. The lowest BCUT2D eigenvalue weighted by atomic mass is 9.82. The van der Waals surface area contributed by atoms with Crippen LogP contribution in [0.2, 0.25) is 0 Å². The van der Waals surface area contributed by atoms with Crippen molar-refractivity contribution in [2.24, 2.45) is 5.92 Å². The van der Waals surface area contributed by atoms with Gasteiger partial charge in [0, 0.05) is 10.0 Å². The second kappa shape index (κ2) is 7.01. The average molecular weight is 356 g/mol. The van der Waals surface area contributed by atoms with E-state index in [4.69, 9.17) is 9.47 Å². The normalized spacial score (nSPS) is 21.8. The molecule has 1 aromatic rings. The van der Waals surface area contributed by atoms with Crippen molar-refractivity contribution in [2.45, 2.75) is 45.1 Å². The SMILES string of the molecule is COc1cc(Br)c(CC2(CC(C)C)CCCN2)cc1OC. The highest BCUT2D eigenvalue weighted by Gasteiger charge is 2.34. The molecule has 1 aromatic carbocycles. The first-order valence-electron chi connectivity index (χ1n) is 7.65. The molecule has 21 heavy (non-hydrogen) atoms. The van der Waals surface area contributed by atoms with Gasteiger partial charge < -0.3 is 14.8 Å². The fourth-order valence-corrected chi connectivity index (χ4v) is 3.91. The lowest BCUT2D eigenvalue weighted by molar-refractivity contribution is 0.300. The summed E-state index contributed by atoms with van der Waals surface area (Å²) in [5, 5.41) is 3.75. The Morgan fingerprint density at radius 2 is 1.90 bits per heavy atom. The van der Waals surface area contributed by atoms with Gasteiger partial charge in [0.1, 0.15) is 0 Å². The predicted octanol–water partition coefficient (Wildman–Crippen LogP) is 4.18. The van der Waals surface area contributed by atoms with E-state index in [0.717, 1.165) is 28.9 Å². The molecule has 1 aliphatic heterocycles. The summed E-state index contributed by atoms with van der Waals surface area (Å²) in [5.41, 5.74) is 1.50. The smallest absolute Gasteiger partial charge is 0.161 e. The molecule has 1 atom stereocenters. The second-order valence-corrected chi connectivity index (χ2v) is 7.24. The van der Waals surface area contributed by atoms with E-state index < -0.39 is 0 Å². The van der Waals surface area contributed by atoms with Crippen molar-refractivity contribution in [1.29, 1.82) is 0 Å². The molecule has 4 heteroatoms. The molecule has 0 spiro atoms. The van der Waals surface area contributed by atoms with Crippen LogP contribution in [-0.4, -0.2) is 26.3 Å². The molecule has 1 aliphatic rings. The molecule has 1 heterocycles. The van der Waals surface area contributed by atoms with Gasteiger partial charge in [0.2, 0.25) is 0 Å². The molecule has 0 aliphatic carbocycles. The summed E-state index contributed by atoms with van der Waals surface area (Å²) >= 11 is 3.69. The summed E-state index contributed by atoms with van der Waals surface area (Å²) in [6, 6.07) is 4.11. The maximum atomic E-state index is 5.44. The molecule has 0 amide bonds. The Morgan fingerprint density at radius 3 is 2.43 bits per heavy atom. The summed E-state index contributed by atoms with van der Waals surface area (Å²) in [5.74, 6) is 2.26. The van der Waals surface area contributed by atoms with E-state index in [9.17, 15) is 0 Å².